The van der Waals surface area contributed by atoms with Crippen molar-refractivity contribution in [2.75, 3.05) is 6.61 Å². The molecule has 4 fully saturated rings. The average molecular weight is 569 g/mol. The second kappa shape index (κ2) is 10.3. The number of aliphatic carboxylic acids is 1. The summed E-state index contributed by atoms with van der Waals surface area (Å²) < 4.78 is 22.7. The van der Waals surface area contributed by atoms with Crippen molar-refractivity contribution in [2.24, 2.45) is 28.6 Å². The van der Waals surface area contributed by atoms with E-state index in [1.807, 2.05) is 0 Å². The summed E-state index contributed by atoms with van der Waals surface area (Å²) in [6.45, 7) is 6.12. The van der Waals surface area contributed by atoms with Gasteiger partial charge in [-0.2, -0.15) is 0 Å². The van der Waals surface area contributed by atoms with E-state index in [2.05, 4.69) is 0 Å². The van der Waals surface area contributed by atoms with E-state index >= 15 is 0 Å². The van der Waals surface area contributed by atoms with Gasteiger partial charge in [-0.25, -0.2) is 0 Å². The summed E-state index contributed by atoms with van der Waals surface area (Å²) >= 11 is 0. The molecule has 0 saturated heterocycles. The van der Waals surface area contributed by atoms with Gasteiger partial charge in [-0.3, -0.25) is 24.0 Å². The van der Waals surface area contributed by atoms with Crippen molar-refractivity contribution < 1.29 is 58.2 Å². The minimum absolute atomic E-state index is 0.0216. The summed E-state index contributed by atoms with van der Waals surface area (Å²) in [6, 6.07) is 0. The highest BCUT2D eigenvalue weighted by molar-refractivity contribution is 5.72. The Morgan fingerprint density at radius 1 is 0.825 bits per heavy atom. The molecule has 224 valence electrons. The number of hydrogen-bond acceptors (Lipinski definition) is 11. The predicted octanol–water partition coefficient (Wildman–Crippen LogP) is 1.52. The maximum absolute atomic E-state index is 12.5. The molecule has 3 N–H and O–H groups in total. The van der Waals surface area contributed by atoms with Crippen molar-refractivity contribution in [2.45, 2.75) is 109 Å². The van der Waals surface area contributed by atoms with Crippen LogP contribution in [0.5, 0.6) is 0 Å². The monoisotopic (exact) mass is 568 g/mol. The number of aliphatic hydroxyl groups is 2. The van der Waals surface area contributed by atoms with E-state index in [4.69, 9.17) is 18.9 Å². The van der Waals surface area contributed by atoms with Crippen molar-refractivity contribution in [3.63, 3.8) is 0 Å². The van der Waals surface area contributed by atoms with Gasteiger partial charge in [0.05, 0.1) is 22.5 Å². The third-order valence-corrected chi connectivity index (χ3v) is 10.4. The van der Waals surface area contributed by atoms with E-state index in [1.165, 1.54) is 27.7 Å². The van der Waals surface area contributed by atoms with E-state index in [9.17, 15) is 39.3 Å². The lowest BCUT2D eigenvalue weighted by atomic mass is 9.40. The molecule has 0 aliphatic heterocycles. The lowest BCUT2D eigenvalue weighted by Crippen LogP contribution is -2.76. The van der Waals surface area contributed by atoms with Crippen LogP contribution in [0.3, 0.4) is 0 Å². The minimum Gasteiger partial charge on any atom is -0.481 e. The topological polar surface area (TPSA) is 183 Å². The number of rotatable bonds is 6. The van der Waals surface area contributed by atoms with Crippen LogP contribution in [0.25, 0.3) is 0 Å². The lowest BCUT2D eigenvalue weighted by Gasteiger charge is -2.68. The van der Waals surface area contributed by atoms with E-state index in [0.29, 0.717) is 0 Å². The van der Waals surface area contributed by atoms with Gasteiger partial charge in [0, 0.05) is 51.9 Å². The Bertz CT molecular complexity index is 1090. The van der Waals surface area contributed by atoms with Crippen molar-refractivity contribution in [1.29, 1.82) is 0 Å². The molecule has 4 rings (SSSR count). The highest BCUT2D eigenvalue weighted by atomic mass is 16.6. The number of fused-ring (bicyclic) bond motifs is 5. The molecule has 0 amide bonds. The Morgan fingerprint density at radius 2 is 1.45 bits per heavy atom. The first-order valence-electron chi connectivity index (χ1n) is 13.8. The first-order chi connectivity index (χ1) is 18.5. The molecule has 4 aliphatic carbocycles. The van der Waals surface area contributed by atoms with Gasteiger partial charge in [-0.15, -0.1) is 0 Å². The molecule has 0 aromatic rings. The second-order valence-electron chi connectivity index (χ2n) is 12.4. The van der Waals surface area contributed by atoms with Gasteiger partial charge in [0.15, 0.2) is 0 Å². The maximum Gasteiger partial charge on any atom is 0.307 e. The van der Waals surface area contributed by atoms with Gasteiger partial charge in [0.25, 0.3) is 0 Å². The van der Waals surface area contributed by atoms with Gasteiger partial charge >= 0.3 is 29.8 Å². The van der Waals surface area contributed by atoms with Crippen LogP contribution in [0.1, 0.15) is 79.6 Å². The second-order valence-corrected chi connectivity index (χ2v) is 12.4. The Morgan fingerprint density at radius 3 is 2.00 bits per heavy atom. The van der Waals surface area contributed by atoms with E-state index < -0.39 is 94.6 Å². The van der Waals surface area contributed by atoms with Gasteiger partial charge in [-0.05, 0) is 38.0 Å². The van der Waals surface area contributed by atoms with Crippen molar-refractivity contribution in [3.8, 4) is 0 Å². The summed E-state index contributed by atoms with van der Waals surface area (Å²) in [7, 11) is 0. The molecule has 4 aliphatic rings. The number of esters is 4. The average Bonchev–Trinajstić information content (AvgIpc) is 3.07. The van der Waals surface area contributed by atoms with E-state index in [-0.39, 0.29) is 44.9 Å². The van der Waals surface area contributed by atoms with Crippen molar-refractivity contribution in [1.82, 2.24) is 0 Å². The predicted molar refractivity (Wildman–Crippen MR) is 134 cm³/mol. The van der Waals surface area contributed by atoms with Crippen LogP contribution in [0.4, 0.5) is 0 Å². The molecule has 0 radical (unpaired) electrons. The molecular weight excluding hydrogens is 528 g/mol. The Labute approximate surface area is 232 Å². The first-order valence-corrected chi connectivity index (χ1v) is 13.8. The highest BCUT2D eigenvalue weighted by Gasteiger charge is 2.77. The first kappa shape index (κ1) is 30.2. The zero-order chi connectivity index (χ0) is 29.8. The lowest BCUT2D eigenvalue weighted by molar-refractivity contribution is -0.320. The van der Waals surface area contributed by atoms with Crippen LogP contribution in [-0.2, 0) is 42.9 Å². The van der Waals surface area contributed by atoms with Gasteiger partial charge in [0.2, 0.25) is 0 Å². The molecule has 0 aromatic heterocycles. The molecule has 40 heavy (non-hydrogen) atoms. The number of carbonyl (C=O) groups is 5. The van der Waals surface area contributed by atoms with Gasteiger partial charge in [0.1, 0.15) is 24.9 Å². The highest BCUT2D eigenvalue weighted by Crippen LogP contribution is 2.70. The van der Waals surface area contributed by atoms with Gasteiger partial charge in [-0.1, -0.05) is 6.92 Å². The minimum atomic E-state index is -1.73. The Balaban J connectivity index is 1.94. The summed E-state index contributed by atoms with van der Waals surface area (Å²) in [4.78, 5) is 61.2. The number of ether oxygens (including phenoxy) is 4. The fourth-order valence-electron chi connectivity index (χ4n) is 9.01. The molecule has 0 spiro atoms. The molecular formula is C28H40O12. The quantitative estimate of drug-likeness (QED) is 0.311. The molecule has 0 aromatic carbocycles. The number of carbonyl (C=O) groups excluding carboxylic acids is 4. The molecule has 10 atom stereocenters. The normalized spacial score (nSPS) is 43.8. The van der Waals surface area contributed by atoms with Gasteiger partial charge < -0.3 is 34.3 Å². The smallest absolute Gasteiger partial charge is 0.307 e. The third kappa shape index (κ3) is 4.56. The molecule has 4 saturated carbocycles. The standard InChI is InChI=1S/C28H40O12/c1-14(29)37-13-27-22(40-17(4)32)10-18(38-15(2)30)11-26(27,35)8-6-19-23(27)21(39-16(3)31)12-25(5)20(24(33)34)7-9-28(19,25)36/h18-23,35-36H,6-13H2,1-5H3,(H,33,34)/t18-,19-,20-,21-,22+,23-,25-,26+,27-,28-/m1/s1. The zero-order valence-electron chi connectivity index (χ0n) is 23.6. The van der Waals surface area contributed by atoms with Crippen LogP contribution < -0.4 is 0 Å². The third-order valence-electron chi connectivity index (χ3n) is 10.4. The summed E-state index contributed by atoms with van der Waals surface area (Å²) in [5.41, 5.74) is -5.97. The van der Waals surface area contributed by atoms with E-state index in [1.54, 1.807) is 6.92 Å². The van der Waals surface area contributed by atoms with Crippen LogP contribution in [0.15, 0.2) is 0 Å². The number of carboxylic acids is 1. The summed E-state index contributed by atoms with van der Waals surface area (Å²) in [5, 5.41) is 34.9. The SMILES string of the molecule is CC(=O)OC[C@@]12[C@@H]3[C@@H](CC[C@]1(O)C[C@H](OC(C)=O)C[C@@H]2OC(C)=O)[C@]1(O)CC[C@H](C(=O)O)[C@@]1(C)C[C@H]3OC(C)=O. The number of carboxylic acid groups (broad SMARTS) is 1. The van der Waals surface area contributed by atoms with Crippen molar-refractivity contribution >= 4 is 29.8 Å². The molecule has 12 nitrogen and oxygen atoms in total. The Hall–Kier alpha value is -2.73. The fourth-order valence-corrected chi connectivity index (χ4v) is 9.01. The van der Waals surface area contributed by atoms with Crippen LogP contribution in [0.2, 0.25) is 0 Å². The maximum atomic E-state index is 12.5. The molecule has 0 bridgehead atoms. The number of hydrogen-bond donors (Lipinski definition) is 3. The van der Waals surface area contributed by atoms with E-state index in [0.717, 1.165) is 0 Å². The van der Waals surface area contributed by atoms with Crippen LogP contribution in [0, 0.1) is 28.6 Å². The molecule has 12 heteroatoms. The molecule has 0 heterocycles. The van der Waals surface area contributed by atoms with Crippen LogP contribution in [-0.4, -0.2) is 81.3 Å². The zero-order valence-corrected chi connectivity index (χ0v) is 23.6. The largest absolute Gasteiger partial charge is 0.481 e. The van der Waals surface area contributed by atoms with Crippen molar-refractivity contribution in [3.05, 3.63) is 0 Å². The Kier molecular flexibility index (Phi) is 7.77. The van der Waals surface area contributed by atoms with Crippen LogP contribution >= 0.6 is 0 Å². The fraction of sp³-hybridized carbons (Fsp3) is 0.821. The molecule has 0 unspecified atom stereocenters. The summed E-state index contributed by atoms with van der Waals surface area (Å²) in [6.07, 6.45) is -2.43. The summed E-state index contributed by atoms with van der Waals surface area (Å²) in [5.74, 6) is -6.10.